The first-order valence-electron chi connectivity index (χ1n) is 3.38. The van der Waals surface area contributed by atoms with Crippen molar-refractivity contribution < 1.29 is 14.6 Å². The van der Waals surface area contributed by atoms with E-state index in [4.69, 9.17) is 9.84 Å². The molecule has 2 N–H and O–H groups in total. The molecule has 7 heteroatoms. The van der Waals surface area contributed by atoms with Crippen molar-refractivity contribution in [3.63, 3.8) is 0 Å². The number of ether oxygens (including phenoxy) is 1. The van der Waals surface area contributed by atoms with Crippen LogP contribution in [0.3, 0.4) is 0 Å². The van der Waals surface area contributed by atoms with E-state index in [9.17, 15) is 4.79 Å². The maximum Gasteiger partial charge on any atom is 0.411 e. The highest BCUT2D eigenvalue weighted by molar-refractivity contribution is 5.80. The summed E-state index contributed by atoms with van der Waals surface area (Å²) in [5.41, 5.74) is 0. The molecule has 13 heavy (non-hydrogen) atoms. The van der Waals surface area contributed by atoms with Gasteiger partial charge in [0.1, 0.15) is 5.82 Å². The Bertz CT molecular complexity index is 328. The highest BCUT2D eigenvalue weighted by atomic mass is 16.5. The molecule has 0 aliphatic rings. The first-order chi connectivity index (χ1) is 6.11. The van der Waals surface area contributed by atoms with Gasteiger partial charge in [-0.3, -0.25) is 5.32 Å². The number of nitrogens with one attached hydrogen (secondary N) is 1. The largest absolute Gasteiger partial charge is 0.467 e. The fraction of sp³-hybridized carbons (Fsp3) is 0.333. The molecular formula is C6H8N4O3. The normalized spacial score (nSPS) is 9.38. The van der Waals surface area contributed by atoms with Gasteiger partial charge in [0.15, 0.2) is 0 Å². The third-order valence-corrected chi connectivity index (χ3v) is 1.13. The van der Waals surface area contributed by atoms with Crippen molar-refractivity contribution in [1.82, 2.24) is 15.0 Å². The molecule has 1 aromatic rings. The standard InChI is InChI=1S/C6H8N4O3/c1-3-7-4(10-6(11)12)9-5(8-3)13-2/h1-2H3,(H,11,12)(H,7,8,9,10). The Balaban J connectivity index is 2.94. The van der Waals surface area contributed by atoms with E-state index in [1.807, 2.05) is 5.32 Å². The van der Waals surface area contributed by atoms with Crippen LogP contribution in [-0.4, -0.2) is 33.3 Å². The van der Waals surface area contributed by atoms with Crippen molar-refractivity contribution in [2.45, 2.75) is 6.92 Å². The number of rotatable bonds is 2. The van der Waals surface area contributed by atoms with E-state index >= 15 is 0 Å². The van der Waals surface area contributed by atoms with Crippen LogP contribution in [0.5, 0.6) is 6.01 Å². The summed E-state index contributed by atoms with van der Waals surface area (Å²) in [5.74, 6) is 0.340. The molecule has 1 aromatic heterocycles. The maximum atomic E-state index is 10.2. The first-order valence-corrected chi connectivity index (χ1v) is 3.38. The predicted octanol–water partition coefficient (Wildman–Crippen LogP) is 0.279. The number of carbonyl (C=O) groups is 1. The first kappa shape index (κ1) is 9.17. The number of carboxylic acid groups (broad SMARTS) is 1. The van der Waals surface area contributed by atoms with Gasteiger partial charge in [0.05, 0.1) is 7.11 Å². The van der Waals surface area contributed by atoms with Crippen molar-refractivity contribution in [1.29, 1.82) is 0 Å². The lowest BCUT2D eigenvalue weighted by atomic mass is 10.7. The van der Waals surface area contributed by atoms with E-state index in [0.717, 1.165) is 0 Å². The molecule has 0 fully saturated rings. The highest BCUT2D eigenvalue weighted by Crippen LogP contribution is 2.05. The molecule has 0 atom stereocenters. The van der Waals surface area contributed by atoms with Gasteiger partial charge in [-0.2, -0.15) is 15.0 Å². The predicted molar refractivity (Wildman–Crippen MR) is 42.8 cm³/mol. The summed E-state index contributed by atoms with van der Waals surface area (Å²) in [6, 6.07) is 0.0799. The monoisotopic (exact) mass is 184 g/mol. The molecular weight excluding hydrogens is 176 g/mol. The Morgan fingerprint density at radius 1 is 1.46 bits per heavy atom. The lowest BCUT2D eigenvalue weighted by Crippen LogP contribution is -2.12. The SMILES string of the molecule is COc1nc(C)nc(NC(=O)O)n1. The molecule has 1 rings (SSSR count). The summed E-state index contributed by atoms with van der Waals surface area (Å²) < 4.78 is 4.72. The second-order valence-electron chi connectivity index (χ2n) is 2.12. The quantitative estimate of drug-likeness (QED) is 0.685. The number of aromatic nitrogens is 3. The molecule has 0 saturated heterocycles. The minimum atomic E-state index is -1.23. The van der Waals surface area contributed by atoms with E-state index < -0.39 is 6.09 Å². The van der Waals surface area contributed by atoms with Crippen LogP contribution in [0.4, 0.5) is 10.7 Å². The minimum Gasteiger partial charge on any atom is -0.467 e. The maximum absolute atomic E-state index is 10.2. The molecule has 1 amide bonds. The van der Waals surface area contributed by atoms with Crippen LogP contribution >= 0.6 is 0 Å². The lowest BCUT2D eigenvalue weighted by Gasteiger charge is -2.01. The van der Waals surface area contributed by atoms with Crippen LogP contribution < -0.4 is 10.1 Å². The molecule has 7 nitrogen and oxygen atoms in total. The Morgan fingerprint density at radius 2 is 2.15 bits per heavy atom. The third-order valence-electron chi connectivity index (χ3n) is 1.13. The van der Waals surface area contributed by atoms with Gasteiger partial charge in [-0.25, -0.2) is 4.79 Å². The lowest BCUT2D eigenvalue weighted by molar-refractivity contribution is 0.209. The van der Waals surface area contributed by atoms with E-state index in [1.165, 1.54) is 7.11 Å². The second kappa shape index (κ2) is 3.65. The van der Waals surface area contributed by atoms with Crippen molar-refractivity contribution >= 4 is 12.0 Å². The Morgan fingerprint density at radius 3 is 2.69 bits per heavy atom. The Labute approximate surface area is 73.8 Å². The zero-order chi connectivity index (χ0) is 9.84. The molecule has 0 bridgehead atoms. The number of nitrogens with zero attached hydrogens (tertiary/aromatic N) is 3. The fourth-order valence-electron chi connectivity index (χ4n) is 0.700. The van der Waals surface area contributed by atoms with Gasteiger partial charge < -0.3 is 9.84 Å². The van der Waals surface area contributed by atoms with Crippen molar-refractivity contribution in [2.75, 3.05) is 12.4 Å². The highest BCUT2D eigenvalue weighted by Gasteiger charge is 2.05. The molecule has 0 aromatic carbocycles. The number of anilines is 1. The topological polar surface area (TPSA) is 97.2 Å². The number of amides is 1. The van der Waals surface area contributed by atoms with Gasteiger partial charge in [0.25, 0.3) is 0 Å². The van der Waals surface area contributed by atoms with E-state index in [2.05, 4.69) is 15.0 Å². The number of hydrogen-bond donors (Lipinski definition) is 2. The van der Waals surface area contributed by atoms with E-state index in [0.29, 0.717) is 5.82 Å². The second-order valence-corrected chi connectivity index (χ2v) is 2.12. The van der Waals surface area contributed by atoms with Gasteiger partial charge in [0, 0.05) is 0 Å². The summed E-state index contributed by atoms with van der Waals surface area (Å²) >= 11 is 0. The summed E-state index contributed by atoms with van der Waals surface area (Å²) in [4.78, 5) is 21.4. The average Bonchev–Trinajstić information content (AvgIpc) is 2.01. The van der Waals surface area contributed by atoms with Gasteiger partial charge in [0.2, 0.25) is 5.95 Å². The number of aryl methyl sites for hydroxylation is 1. The molecule has 0 spiro atoms. The van der Waals surface area contributed by atoms with Gasteiger partial charge >= 0.3 is 12.1 Å². The molecule has 0 aliphatic carbocycles. The third kappa shape index (κ3) is 2.55. The van der Waals surface area contributed by atoms with Crippen LogP contribution in [0.1, 0.15) is 5.82 Å². The molecule has 0 radical (unpaired) electrons. The van der Waals surface area contributed by atoms with Crippen LogP contribution in [-0.2, 0) is 0 Å². The van der Waals surface area contributed by atoms with Gasteiger partial charge in [-0.1, -0.05) is 0 Å². The summed E-state index contributed by atoms with van der Waals surface area (Å²) in [6.45, 7) is 1.61. The zero-order valence-electron chi connectivity index (χ0n) is 7.11. The van der Waals surface area contributed by atoms with Crippen LogP contribution in [0, 0.1) is 6.92 Å². The molecule has 0 aliphatic heterocycles. The molecule has 1 heterocycles. The fourth-order valence-corrected chi connectivity index (χ4v) is 0.700. The summed E-state index contributed by atoms with van der Waals surface area (Å²) in [5, 5.41) is 10.4. The van der Waals surface area contributed by atoms with Gasteiger partial charge in [-0.15, -0.1) is 0 Å². The minimum absolute atomic E-state index is 0.0446. The van der Waals surface area contributed by atoms with Crippen LogP contribution in [0.15, 0.2) is 0 Å². The molecule has 70 valence electrons. The Hall–Kier alpha value is -1.92. The van der Waals surface area contributed by atoms with Gasteiger partial charge in [-0.05, 0) is 6.92 Å². The Kier molecular flexibility index (Phi) is 2.58. The van der Waals surface area contributed by atoms with Crippen molar-refractivity contribution in [2.24, 2.45) is 0 Å². The molecule has 0 saturated carbocycles. The smallest absolute Gasteiger partial charge is 0.411 e. The van der Waals surface area contributed by atoms with Crippen LogP contribution in [0.2, 0.25) is 0 Å². The average molecular weight is 184 g/mol. The van der Waals surface area contributed by atoms with Crippen LogP contribution in [0.25, 0.3) is 0 Å². The number of methoxy groups -OCH3 is 1. The number of hydrogen-bond acceptors (Lipinski definition) is 5. The zero-order valence-corrected chi connectivity index (χ0v) is 7.11. The van der Waals surface area contributed by atoms with E-state index in [-0.39, 0.29) is 12.0 Å². The van der Waals surface area contributed by atoms with Crippen molar-refractivity contribution in [3.05, 3.63) is 5.82 Å². The van der Waals surface area contributed by atoms with E-state index in [1.54, 1.807) is 6.92 Å². The van der Waals surface area contributed by atoms with Crippen molar-refractivity contribution in [3.8, 4) is 6.01 Å². The molecule has 0 unspecified atom stereocenters. The summed E-state index contributed by atoms with van der Waals surface area (Å²) in [6.07, 6.45) is -1.23. The summed E-state index contributed by atoms with van der Waals surface area (Å²) in [7, 11) is 1.39.